The Balaban J connectivity index is 4.24. The number of nitrogens with one attached hydrogen (secondary N) is 1. The van der Waals surface area contributed by atoms with Gasteiger partial charge in [-0.15, -0.1) is 0 Å². The summed E-state index contributed by atoms with van der Waals surface area (Å²) in [6.07, 6.45) is 3.96. The lowest BCUT2D eigenvalue weighted by Gasteiger charge is -2.18. The Morgan fingerprint density at radius 2 is 2.00 bits per heavy atom. The number of sulfone groups is 1. The fourth-order valence-corrected chi connectivity index (χ4v) is 2.36. The topological polar surface area (TPSA) is 46.2 Å². The van der Waals surface area contributed by atoms with Crippen LogP contribution in [0.3, 0.4) is 0 Å². The lowest BCUT2D eigenvalue weighted by Crippen LogP contribution is -2.36. The minimum absolute atomic E-state index is 0.0207. The molecule has 0 spiro atoms. The van der Waals surface area contributed by atoms with Gasteiger partial charge in [0.1, 0.15) is 9.84 Å². The molecule has 1 atom stereocenters. The summed E-state index contributed by atoms with van der Waals surface area (Å²) in [7, 11) is -2.91. The Morgan fingerprint density at radius 3 is 2.40 bits per heavy atom. The molecular weight excluding hydrogens is 210 g/mol. The summed E-state index contributed by atoms with van der Waals surface area (Å²) in [5.74, 6) is 0.200. The van der Waals surface area contributed by atoms with E-state index >= 15 is 0 Å². The molecule has 4 heteroatoms. The van der Waals surface area contributed by atoms with Gasteiger partial charge in [0, 0.05) is 12.3 Å². The van der Waals surface area contributed by atoms with Crippen molar-refractivity contribution in [2.24, 2.45) is 0 Å². The van der Waals surface area contributed by atoms with Gasteiger partial charge in [0.2, 0.25) is 0 Å². The van der Waals surface area contributed by atoms with Crippen molar-refractivity contribution < 1.29 is 8.42 Å². The first-order valence-corrected chi connectivity index (χ1v) is 7.52. The summed E-state index contributed by atoms with van der Waals surface area (Å²) in [6, 6.07) is 0.0207. The van der Waals surface area contributed by atoms with Crippen molar-refractivity contribution in [2.75, 3.05) is 18.6 Å². The molecule has 0 rings (SSSR count). The fourth-order valence-electron chi connectivity index (χ4n) is 1.40. The van der Waals surface area contributed by atoms with Crippen molar-refractivity contribution in [1.82, 2.24) is 5.32 Å². The summed E-state index contributed by atoms with van der Waals surface area (Å²) >= 11 is 0. The van der Waals surface area contributed by atoms with Crippen LogP contribution >= 0.6 is 0 Å². The molecule has 0 radical (unpaired) electrons. The van der Waals surface area contributed by atoms with E-state index < -0.39 is 9.84 Å². The lowest BCUT2D eigenvalue weighted by atomic mass is 10.1. The third-order valence-electron chi connectivity index (χ3n) is 2.22. The summed E-state index contributed by atoms with van der Waals surface area (Å²) in [6.45, 7) is 8.88. The van der Waals surface area contributed by atoms with E-state index in [1.54, 1.807) is 0 Å². The van der Waals surface area contributed by atoms with Gasteiger partial charge in [0.05, 0.1) is 5.75 Å². The highest BCUT2D eigenvalue weighted by Crippen LogP contribution is 2.08. The predicted octanol–water partition coefficient (Wildman–Crippen LogP) is 1.76. The van der Waals surface area contributed by atoms with Gasteiger partial charge in [-0.2, -0.15) is 0 Å². The van der Waals surface area contributed by atoms with Gasteiger partial charge in [-0.25, -0.2) is 8.42 Å². The van der Waals surface area contributed by atoms with Crippen LogP contribution in [0.25, 0.3) is 0 Å². The van der Waals surface area contributed by atoms with Gasteiger partial charge in [-0.05, 0) is 25.8 Å². The summed E-state index contributed by atoms with van der Waals surface area (Å²) in [4.78, 5) is 0. The van der Waals surface area contributed by atoms with E-state index in [4.69, 9.17) is 0 Å². The average molecular weight is 233 g/mol. The minimum Gasteiger partial charge on any atom is -0.313 e. The van der Waals surface area contributed by atoms with Crippen molar-refractivity contribution in [3.05, 3.63) is 12.2 Å². The van der Waals surface area contributed by atoms with Crippen LogP contribution in [0.4, 0.5) is 0 Å². The summed E-state index contributed by atoms with van der Waals surface area (Å²) in [5.41, 5.74) is 1.10. The first-order chi connectivity index (χ1) is 6.89. The SMILES string of the molecule is C=C(CC)CC(CS(C)(=O)=O)NCCC. The molecule has 0 amide bonds. The molecule has 1 unspecified atom stereocenters. The van der Waals surface area contributed by atoms with Crippen molar-refractivity contribution in [2.45, 2.75) is 39.2 Å². The van der Waals surface area contributed by atoms with Crippen LogP contribution < -0.4 is 5.32 Å². The minimum atomic E-state index is -2.91. The van der Waals surface area contributed by atoms with E-state index in [0.717, 1.165) is 31.4 Å². The maximum atomic E-state index is 11.2. The van der Waals surface area contributed by atoms with Crippen molar-refractivity contribution >= 4 is 9.84 Å². The highest BCUT2D eigenvalue weighted by atomic mass is 32.2. The molecule has 3 nitrogen and oxygen atoms in total. The van der Waals surface area contributed by atoms with Gasteiger partial charge >= 0.3 is 0 Å². The Kier molecular flexibility index (Phi) is 6.85. The molecule has 0 aliphatic rings. The molecule has 0 aromatic rings. The normalized spacial score (nSPS) is 13.8. The number of hydrogen-bond acceptors (Lipinski definition) is 3. The van der Waals surface area contributed by atoms with Crippen LogP contribution in [0, 0.1) is 0 Å². The molecule has 90 valence electrons. The van der Waals surface area contributed by atoms with Crippen LogP contribution in [-0.4, -0.2) is 33.0 Å². The van der Waals surface area contributed by atoms with Gasteiger partial charge in [0.25, 0.3) is 0 Å². The standard InChI is InChI=1S/C11H23NO2S/c1-5-7-12-11(8-10(3)6-2)9-15(4,13)14/h11-12H,3,5-9H2,1-2,4H3. The zero-order valence-electron chi connectivity index (χ0n) is 10.0. The third kappa shape index (κ3) is 8.63. The molecule has 0 aromatic heterocycles. The highest BCUT2D eigenvalue weighted by Gasteiger charge is 2.14. The maximum Gasteiger partial charge on any atom is 0.148 e. The quantitative estimate of drug-likeness (QED) is 0.650. The van der Waals surface area contributed by atoms with E-state index in [1.807, 2.05) is 6.92 Å². The maximum absolute atomic E-state index is 11.2. The second-order valence-electron chi connectivity index (χ2n) is 4.05. The first kappa shape index (κ1) is 14.6. The Bertz CT molecular complexity index is 283. The summed E-state index contributed by atoms with van der Waals surface area (Å²) in [5, 5.41) is 3.25. The first-order valence-electron chi connectivity index (χ1n) is 5.46. The highest BCUT2D eigenvalue weighted by molar-refractivity contribution is 7.90. The van der Waals surface area contributed by atoms with Crippen molar-refractivity contribution in [3.63, 3.8) is 0 Å². The molecule has 0 heterocycles. The second-order valence-corrected chi connectivity index (χ2v) is 6.24. The average Bonchev–Trinajstić information content (AvgIpc) is 2.11. The molecule has 15 heavy (non-hydrogen) atoms. The van der Waals surface area contributed by atoms with E-state index in [0.29, 0.717) is 0 Å². The molecule has 0 bridgehead atoms. The predicted molar refractivity (Wildman–Crippen MR) is 65.8 cm³/mol. The van der Waals surface area contributed by atoms with Crippen molar-refractivity contribution in [1.29, 1.82) is 0 Å². The molecule has 0 saturated carbocycles. The summed E-state index contributed by atoms with van der Waals surface area (Å²) < 4.78 is 22.4. The fraction of sp³-hybridized carbons (Fsp3) is 0.818. The number of rotatable bonds is 8. The zero-order valence-corrected chi connectivity index (χ0v) is 10.9. The number of hydrogen-bond donors (Lipinski definition) is 1. The smallest absolute Gasteiger partial charge is 0.148 e. The van der Waals surface area contributed by atoms with Gasteiger partial charge in [0.15, 0.2) is 0 Å². The van der Waals surface area contributed by atoms with Gasteiger partial charge in [-0.1, -0.05) is 26.0 Å². The van der Waals surface area contributed by atoms with Crippen LogP contribution in [-0.2, 0) is 9.84 Å². The zero-order chi connectivity index (χ0) is 11.9. The lowest BCUT2D eigenvalue weighted by molar-refractivity contribution is 0.526. The second kappa shape index (κ2) is 7.01. The Hall–Kier alpha value is -0.350. The van der Waals surface area contributed by atoms with E-state index in [2.05, 4.69) is 18.8 Å². The molecule has 0 aliphatic carbocycles. The monoisotopic (exact) mass is 233 g/mol. The molecule has 1 N–H and O–H groups in total. The van der Waals surface area contributed by atoms with Crippen LogP contribution in [0.5, 0.6) is 0 Å². The molecular formula is C11H23NO2S. The Morgan fingerprint density at radius 1 is 1.40 bits per heavy atom. The van der Waals surface area contributed by atoms with E-state index in [-0.39, 0.29) is 11.8 Å². The Labute approximate surface area is 93.9 Å². The van der Waals surface area contributed by atoms with E-state index in [1.165, 1.54) is 6.26 Å². The third-order valence-corrected chi connectivity index (χ3v) is 3.23. The van der Waals surface area contributed by atoms with Gasteiger partial charge < -0.3 is 5.32 Å². The van der Waals surface area contributed by atoms with Crippen LogP contribution in [0.1, 0.15) is 33.1 Å². The molecule has 0 aromatic carbocycles. The van der Waals surface area contributed by atoms with Crippen LogP contribution in [0.15, 0.2) is 12.2 Å². The van der Waals surface area contributed by atoms with Crippen molar-refractivity contribution in [3.8, 4) is 0 Å². The molecule has 0 aliphatic heterocycles. The van der Waals surface area contributed by atoms with Crippen LogP contribution in [0.2, 0.25) is 0 Å². The molecule has 0 fully saturated rings. The van der Waals surface area contributed by atoms with Gasteiger partial charge in [-0.3, -0.25) is 0 Å². The van der Waals surface area contributed by atoms with E-state index in [9.17, 15) is 8.42 Å². The largest absolute Gasteiger partial charge is 0.313 e. The molecule has 0 saturated heterocycles.